The number of benzene rings is 2. The van der Waals surface area contributed by atoms with Crippen molar-refractivity contribution < 1.29 is 19.2 Å². The average molecular weight is 380 g/mol. The highest BCUT2D eigenvalue weighted by atomic mass is 16.3. The molecule has 4 rings (SSSR count). The third kappa shape index (κ3) is 3.97. The summed E-state index contributed by atoms with van der Waals surface area (Å²) in [5.41, 5.74) is 1.70. The fourth-order valence-electron chi connectivity index (χ4n) is 3.78. The largest absolute Gasteiger partial charge is 0.506 e. The number of quaternary nitrogens is 1. The molecular weight excluding hydrogens is 354 g/mol. The first-order valence-corrected chi connectivity index (χ1v) is 9.74. The number of piperazine rings is 1. The SMILES string of the molecule is C[C@@H](NC(=O)C[NH+]1CCN(c2ccccc2O)CC1)c1cc2ccccc2o1. The Balaban J connectivity index is 1.29. The Morgan fingerprint density at radius 1 is 1.18 bits per heavy atom. The molecule has 0 unspecified atom stereocenters. The zero-order chi connectivity index (χ0) is 19.5. The maximum Gasteiger partial charge on any atom is 0.275 e. The van der Waals surface area contributed by atoms with Crippen LogP contribution in [-0.4, -0.2) is 43.7 Å². The van der Waals surface area contributed by atoms with E-state index in [-0.39, 0.29) is 11.9 Å². The van der Waals surface area contributed by atoms with Crippen molar-refractivity contribution in [3.05, 3.63) is 60.4 Å². The number of phenolic OH excluding ortho intramolecular Hbond substituents is 1. The molecule has 2 heterocycles. The van der Waals surface area contributed by atoms with Gasteiger partial charge >= 0.3 is 0 Å². The van der Waals surface area contributed by atoms with Gasteiger partial charge in [-0.25, -0.2) is 0 Å². The highest BCUT2D eigenvalue weighted by molar-refractivity contribution is 5.79. The monoisotopic (exact) mass is 380 g/mol. The number of hydrogen-bond acceptors (Lipinski definition) is 4. The first kappa shape index (κ1) is 18.4. The minimum absolute atomic E-state index is 0.0268. The lowest BCUT2D eigenvalue weighted by Crippen LogP contribution is -3.15. The molecule has 146 valence electrons. The molecule has 6 nitrogen and oxygen atoms in total. The summed E-state index contributed by atoms with van der Waals surface area (Å²) in [7, 11) is 0. The van der Waals surface area contributed by atoms with Gasteiger partial charge < -0.3 is 24.6 Å². The third-order valence-corrected chi connectivity index (χ3v) is 5.35. The molecule has 0 spiro atoms. The number of rotatable bonds is 5. The summed E-state index contributed by atoms with van der Waals surface area (Å²) in [6, 6.07) is 17.1. The average Bonchev–Trinajstić information content (AvgIpc) is 3.13. The van der Waals surface area contributed by atoms with Crippen LogP contribution >= 0.6 is 0 Å². The van der Waals surface area contributed by atoms with E-state index in [0.29, 0.717) is 12.3 Å². The summed E-state index contributed by atoms with van der Waals surface area (Å²) in [5.74, 6) is 1.11. The van der Waals surface area contributed by atoms with Gasteiger partial charge in [-0.2, -0.15) is 0 Å². The molecule has 3 N–H and O–H groups in total. The van der Waals surface area contributed by atoms with Crippen molar-refractivity contribution in [2.24, 2.45) is 0 Å². The summed E-state index contributed by atoms with van der Waals surface area (Å²) in [5, 5.41) is 14.1. The molecule has 1 aliphatic heterocycles. The number of amides is 1. The fraction of sp³-hybridized carbons (Fsp3) is 0.318. The number of anilines is 1. The number of para-hydroxylation sites is 3. The van der Waals surface area contributed by atoms with E-state index in [2.05, 4.69) is 10.2 Å². The van der Waals surface area contributed by atoms with Crippen molar-refractivity contribution in [2.75, 3.05) is 37.6 Å². The van der Waals surface area contributed by atoms with E-state index in [1.807, 2.05) is 55.5 Å². The van der Waals surface area contributed by atoms with Gasteiger partial charge in [-0.3, -0.25) is 4.79 Å². The number of nitrogens with zero attached hydrogens (tertiary/aromatic N) is 1. The van der Waals surface area contributed by atoms with Gasteiger partial charge in [-0.1, -0.05) is 30.3 Å². The number of carbonyl (C=O) groups excluding carboxylic acids is 1. The van der Waals surface area contributed by atoms with Crippen LogP contribution < -0.4 is 15.1 Å². The first-order chi connectivity index (χ1) is 13.6. The van der Waals surface area contributed by atoms with E-state index >= 15 is 0 Å². The van der Waals surface area contributed by atoms with Gasteiger partial charge in [0, 0.05) is 5.39 Å². The van der Waals surface area contributed by atoms with Crippen molar-refractivity contribution in [3.8, 4) is 5.75 Å². The predicted octanol–water partition coefficient (Wildman–Crippen LogP) is 1.72. The number of phenols is 1. The topological polar surface area (TPSA) is 70.2 Å². The molecule has 1 fully saturated rings. The second-order valence-electron chi connectivity index (χ2n) is 7.38. The van der Waals surface area contributed by atoms with Crippen LogP contribution in [0.15, 0.2) is 59.0 Å². The second kappa shape index (κ2) is 7.94. The zero-order valence-electron chi connectivity index (χ0n) is 16.0. The van der Waals surface area contributed by atoms with Crippen molar-refractivity contribution >= 4 is 22.6 Å². The number of furan rings is 1. The molecule has 1 aromatic heterocycles. The van der Waals surface area contributed by atoms with Crippen LogP contribution in [0.2, 0.25) is 0 Å². The molecule has 0 saturated carbocycles. The summed E-state index contributed by atoms with van der Waals surface area (Å²) in [4.78, 5) is 15.9. The zero-order valence-corrected chi connectivity index (χ0v) is 16.0. The normalized spacial score (nSPS) is 16.2. The molecular formula is C22H26N3O3+. The van der Waals surface area contributed by atoms with Gasteiger partial charge in [-0.15, -0.1) is 0 Å². The van der Waals surface area contributed by atoms with Gasteiger partial charge in [0.05, 0.1) is 37.9 Å². The molecule has 2 aromatic carbocycles. The van der Waals surface area contributed by atoms with Crippen LogP contribution in [0.5, 0.6) is 5.75 Å². The molecule has 1 saturated heterocycles. The maximum absolute atomic E-state index is 12.5. The van der Waals surface area contributed by atoms with Gasteiger partial charge in [-0.05, 0) is 31.2 Å². The molecule has 0 radical (unpaired) electrons. The Bertz CT molecular complexity index is 927. The van der Waals surface area contributed by atoms with Crippen LogP contribution in [0, 0.1) is 0 Å². The number of fused-ring (bicyclic) bond motifs is 1. The molecule has 3 aromatic rings. The lowest BCUT2D eigenvalue weighted by Gasteiger charge is -2.33. The van der Waals surface area contributed by atoms with E-state index in [0.717, 1.165) is 48.6 Å². The maximum atomic E-state index is 12.5. The van der Waals surface area contributed by atoms with E-state index in [9.17, 15) is 9.90 Å². The van der Waals surface area contributed by atoms with E-state index in [1.54, 1.807) is 6.07 Å². The van der Waals surface area contributed by atoms with E-state index in [1.165, 1.54) is 4.90 Å². The Morgan fingerprint density at radius 3 is 2.64 bits per heavy atom. The second-order valence-corrected chi connectivity index (χ2v) is 7.38. The van der Waals surface area contributed by atoms with Crippen molar-refractivity contribution in [2.45, 2.75) is 13.0 Å². The van der Waals surface area contributed by atoms with Crippen LogP contribution in [0.25, 0.3) is 11.0 Å². The summed E-state index contributed by atoms with van der Waals surface area (Å²) in [6.45, 7) is 5.75. The molecule has 1 aliphatic rings. The Hall–Kier alpha value is -2.99. The summed E-state index contributed by atoms with van der Waals surface area (Å²) >= 11 is 0. The predicted molar refractivity (Wildman–Crippen MR) is 109 cm³/mol. The Morgan fingerprint density at radius 2 is 1.89 bits per heavy atom. The van der Waals surface area contributed by atoms with E-state index in [4.69, 9.17) is 4.42 Å². The van der Waals surface area contributed by atoms with Crippen molar-refractivity contribution in [1.29, 1.82) is 0 Å². The number of carbonyl (C=O) groups is 1. The number of hydrogen-bond donors (Lipinski definition) is 3. The molecule has 1 atom stereocenters. The van der Waals surface area contributed by atoms with Gasteiger partial charge in [0.2, 0.25) is 0 Å². The number of aromatic hydroxyl groups is 1. The molecule has 28 heavy (non-hydrogen) atoms. The highest BCUT2D eigenvalue weighted by Crippen LogP contribution is 2.26. The quantitative estimate of drug-likeness (QED) is 0.630. The lowest BCUT2D eigenvalue weighted by atomic mass is 10.2. The van der Waals surface area contributed by atoms with Gasteiger partial charge in [0.25, 0.3) is 5.91 Å². The molecule has 0 bridgehead atoms. The van der Waals surface area contributed by atoms with Crippen LogP contribution in [0.3, 0.4) is 0 Å². The summed E-state index contributed by atoms with van der Waals surface area (Å²) < 4.78 is 5.84. The smallest absolute Gasteiger partial charge is 0.275 e. The molecule has 0 aliphatic carbocycles. The number of nitrogens with one attached hydrogen (secondary N) is 2. The Kier molecular flexibility index (Phi) is 5.21. The standard InChI is InChI=1S/C22H25N3O3/c1-16(21-14-17-6-2-5-9-20(17)28-21)23-22(27)15-24-10-12-25(13-11-24)18-7-3-4-8-19(18)26/h2-9,14,16,26H,10-13,15H2,1H3,(H,23,27)/p+1/t16-/m1/s1. The van der Waals surface area contributed by atoms with Crippen molar-refractivity contribution in [1.82, 2.24) is 5.32 Å². The van der Waals surface area contributed by atoms with Crippen molar-refractivity contribution in [3.63, 3.8) is 0 Å². The summed E-state index contributed by atoms with van der Waals surface area (Å²) in [6.07, 6.45) is 0. The van der Waals surface area contributed by atoms with Crippen LogP contribution in [-0.2, 0) is 4.79 Å². The lowest BCUT2D eigenvalue weighted by molar-refractivity contribution is -0.892. The van der Waals surface area contributed by atoms with Gasteiger partial charge in [0.15, 0.2) is 6.54 Å². The highest BCUT2D eigenvalue weighted by Gasteiger charge is 2.24. The minimum Gasteiger partial charge on any atom is -0.506 e. The Labute approximate surface area is 164 Å². The van der Waals surface area contributed by atoms with Gasteiger partial charge in [0.1, 0.15) is 17.1 Å². The molecule has 1 amide bonds. The third-order valence-electron chi connectivity index (χ3n) is 5.35. The minimum atomic E-state index is -0.165. The molecule has 6 heteroatoms. The van der Waals surface area contributed by atoms with Crippen LogP contribution in [0.1, 0.15) is 18.7 Å². The van der Waals surface area contributed by atoms with Crippen LogP contribution in [0.4, 0.5) is 5.69 Å². The van der Waals surface area contributed by atoms with E-state index < -0.39 is 0 Å². The fourth-order valence-corrected chi connectivity index (χ4v) is 3.78. The first-order valence-electron chi connectivity index (χ1n) is 9.74.